The molecule has 2 atom stereocenters. The number of amides is 2. The van der Waals surface area contributed by atoms with Gasteiger partial charge < -0.3 is 15.0 Å². The summed E-state index contributed by atoms with van der Waals surface area (Å²) >= 11 is 0. The van der Waals surface area contributed by atoms with E-state index in [2.05, 4.69) is 10.2 Å². The lowest BCUT2D eigenvalue weighted by Gasteiger charge is -2.25. The van der Waals surface area contributed by atoms with Crippen LogP contribution in [0.5, 0.6) is 0 Å². The third-order valence-corrected chi connectivity index (χ3v) is 6.20. The molecule has 2 saturated heterocycles. The highest BCUT2D eigenvalue weighted by Crippen LogP contribution is 2.18. The second-order valence-corrected chi connectivity index (χ2v) is 8.52. The molecule has 0 spiro atoms. The number of carbonyl (C=O) groups excluding carboxylic acids is 1. The first-order valence-electron chi connectivity index (χ1n) is 7.86. The molecule has 2 fully saturated rings. The monoisotopic (exact) mass is 333 g/mol. The highest BCUT2D eigenvalue weighted by atomic mass is 32.2. The Bertz CT molecular complexity index is 482. The molecule has 2 unspecified atom stereocenters. The second-order valence-electron chi connectivity index (χ2n) is 6.20. The SMILES string of the molecule is COCCN1CCCC1CNC(=O)N1CCC(S(C)(=O)=O)C1. The quantitative estimate of drug-likeness (QED) is 0.736. The third-order valence-electron chi connectivity index (χ3n) is 4.61. The number of nitrogens with zero attached hydrogens (tertiary/aromatic N) is 2. The van der Waals surface area contributed by atoms with Gasteiger partial charge in [0.2, 0.25) is 0 Å². The van der Waals surface area contributed by atoms with Crippen LogP contribution in [0.2, 0.25) is 0 Å². The van der Waals surface area contributed by atoms with Gasteiger partial charge in [-0.15, -0.1) is 0 Å². The van der Waals surface area contributed by atoms with Crippen molar-refractivity contribution >= 4 is 15.9 Å². The van der Waals surface area contributed by atoms with Gasteiger partial charge in [-0.2, -0.15) is 0 Å². The van der Waals surface area contributed by atoms with Gasteiger partial charge in [-0.1, -0.05) is 0 Å². The van der Waals surface area contributed by atoms with E-state index >= 15 is 0 Å². The van der Waals surface area contributed by atoms with Crippen LogP contribution in [0.4, 0.5) is 4.79 Å². The van der Waals surface area contributed by atoms with Gasteiger partial charge in [-0.05, 0) is 25.8 Å². The van der Waals surface area contributed by atoms with E-state index in [1.54, 1.807) is 12.0 Å². The predicted molar refractivity (Wildman–Crippen MR) is 84.7 cm³/mol. The first-order valence-corrected chi connectivity index (χ1v) is 9.82. The standard InChI is InChI=1S/C14H27N3O4S/c1-21-9-8-16-6-3-4-12(16)10-15-14(18)17-7-5-13(11-17)22(2,19)20/h12-13H,3-11H2,1-2H3,(H,15,18). The van der Waals surface area contributed by atoms with Crippen molar-refractivity contribution in [3.63, 3.8) is 0 Å². The average molecular weight is 333 g/mol. The maximum absolute atomic E-state index is 12.2. The molecule has 2 aliphatic heterocycles. The van der Waals surface area contributed by atoms with Crippen molar-refractivity contribution in [3.05, 3.63) is 0 Å². The first-order chi connectivity index (χ1) is 10.4. The minimum Gasteiger partial charge on any atom is -0.383 e. The number of nitrogens with one attached hydrogen (secondary N) is 1. The van der Waals surface area contributed by atoms with E-state index in [0.29, 0.717) is 38.7 Å². The Morgan fingerprint density at radius 1 is 1.32 bits per heavy atom. The van der Waals surface area contributed by atoms with Crippen LogP contribution in [0.1, 0.15) is 19.3 Å². The van der Waals surface area contributed by atoms with Crippen molar-refractivity contribution in [2.75, 3.05) is 52.7 Å². The topological polar surface area (TPSA) is 79.0 Å². The zero-order valence-electron chi connectivity index (χ0n) is 13.5. The number of carbonyl (C=O) groups is 1. The molecular weight excluding hydrogens is 306 g/mol. The summed E-state index contributed by atoms with van der Waals surface area (Å²) in [5, 5.41) is 2.54. The lowest BCUT2D eigenvalue weighted by molar-refractivity contribution is 0.139. The van der Waals surface area contributed by atoms with Gasteiger partial charge in [-0.3, -0.25) is 4.90 Å². The van der Waals surface area contributed by atoms with Gasteiger partial charge in [0.15, 0.2) is 9.84 Å². The van der Waals surface area contributed by atoms with Crippen LogP contribution in [0.15, 0.2) is 0 Å². The number of sulfone groups is 1. The number of likely N-dealkylation sites (tertiary alicyclic amines) is 2. The number of hydrogen-bond acceptors (Lipinski definition) is 5. The number of hydrogen-bond donors (Lipinski definition) is 1. The lowest BCUT2D eigenvalue weighted by Crippen LogP contribution is -2.46. The summed E-state index contributed by atoms with van der Waals surface area (Å²) in [6, 6.07) is 0.206. The van der Waals surface area contributed by atoms with Gasteiger partial charge in [0.1, 0.15) is 0 Å². The number of urea groups is 1. The largest absolute Gasteiger partial charge is 0.383 e. The summed E-state index contributed by atoms with van der Waals surface area (Å²) in [6.45, 7) is 4.07. The average Bonchev–Trinajstić information content (AvgIpc) is 3.10. The molecule has 0 aromatic carbocycles. The van der Waals surface area contributed by atoms with E-state index in [4.69, 9.17) is 4.74 Å². The number of ether oxygens (including phenoxy) is 1. The highest BCUT2D eigenvalue weighted by Gasteiger charge is 2.33. The zero-order valence-corrected chi connectivity index (χ0v) is 14.3. The Labute approximate surface area is 132 Å². The Hall–Kier alpha value is -0.860. The van der Waals surface area contributed by atoms with Crippen molar-refractivity contribution in [1.29, 1.82) is 0 Å². The molecule has 0 bridgehead atoms. The maximum Gasteiger partial charge on any atom is 0.317 e. The molecule has 2 rings (SSSR count). The van der Waals surface area contributed by atoms with Crippen LogP contribution in [-0.4, -0.2) is 88.2 Å². The van der Waals surface area contributed by atoms with Gasteiger partial charge >= 0.3 is 6.03 Å². The Kier molecular flexibility index (Phi) is 6.05. The second kappa shape index (κ2) is 7.61. The van der Waals surface area contributed by atoms with Crippen molar-refractivity contribution < 1.29 is 17.9 Å². The van der Waals surface area contributed by atoms with Crippen molar-refractivity contribution in [2.45, 2.75) is 30.6 Å². The lowest BCUT2D eigenvalue weighted by atomic mass is 10.2. The Balaban J connectivity index is 1.76. The highest BCUT2D eigenvalue weighted by molar-refractivity contribution is 7.91. The van der Waals surface area contributed by atoms with Gasteiger partial charge in [-0.25, -0.2) is 13.2 Å². The minimum absolute atomic E-state index is 0.148. The van der Waals surface area contributed by atoms with Crippen LogP contribution >= 0.6 is 0 Å². The summed E-state index contributed by atoms with van der Waals surface area (Å²) < 4.78 is 28.2. The third kappa shape index (κ3) is 4.57. The number of methoxy groups -OCH3 is 1. The van der Waals surface area contributed by atoms with E-state index in [1.807, 2.05) is 0 Å². The zero-order chi connectivity index (χ0) is 16.2. The Morgan fingerprint density at radius 2 is 2.09 bits per heavy atom. The van der Waals surface area contributed by atoms with Gasteiger partial charge in [0.05, 0.1) is 11.9 Å². The van der Waals surface area contributed by atoms with Crippen molar-refractivity contribution in [1.82, 2.24) is 15.1 Å². The van der Waals surface area contributed by atoms with Crippen LogP contribution in [-0.2, 0) is 14.6 Å². The molecule has 2 amide bonds. The summed E-state index contributed by atoms with van der Waals surface area (Å²) in [5.74, 6) is 0. The maximum atomic E-state index is 12.2. The van der Waals surface area contributed by atoms with Gasteiger partial charge in [0, 0.05) is 45.6 Å². The molecule has 7 nitrogen and oxygen atoms in total. The molecule has 0 saturated carbocycles. The summed E-state index contributed by atoms with van der Waals surface area (Å²) in [7, 11) is -1.37. The molecule has 0 aromatic rings. The molecule has 128 valence electrons. The van der Waals surface area contributed by atoms with Gasteiger partial charge in [0.25, 0.3) is 0 Å². The van der Waals surface area contributed by atoms with E-state index in [0.717, 1.165) is 25.9 Å². The molecule has 0 radical (unpaired) electrons. The van der Waals surface area contributed by atoms with Crippen LogP contribution < -0.4 is 5.32 Å². The molecule has 2 heterocycles. The molecule has 0 aliphatic carbocycles. The van der Waals surface area contributed by atoms with Crippen molar-refractivity contribution in [2.24, 2.45) is 0 Å². The summed E-state index contributed by atoms with van der Waals surface area (Å²) in [6.07, 6.45) is 4.00. The van der Waals surface area contributed by atoms with Crippen LogP contribution in [0.3, 0.4) is 0 Å². The number of rotatable bonds is 6. The van der Waals surface area contributed by atoms with E-state index in [9.17, 15) is 13.2 Å². The van der Waals surface area contributed by atoms with E-state index in [-0.39, 0.29) is 6.03 Å². The molecule has 22 heavy (non-hydrogen) atoms. The molecule has 8 heteroatoms. The molecule has 1 N–H and O–H groups in total. The van der Waals surface area contributed by atoms with E-state index in [1.165, 1.54) is 6.26 Å². The van der Waals surface area contributed by atoms with E-state index < -0.39 is 15.1 Å². The smallest absolute Gasteiger partial charge is 0.317 e. The normalized spacial score (nSPS) is 26.5. The molecule has 2 aliphatic rings. The fraction of sp³-hybridized carbons (Fsp3) is 0.929. The summed E-state index contributed by atoms with van der Waals surface area (Å²) in [5.41, 5.74) is 0. The van der Waals surface area contributed by atoms with Crippen LogP contribution in [0, 0.1) is 0 Å². The fourth-order valence-corrected chi connectivity index (χ4v) is 4.19. The van der Waals surface area contributed by atoms with Crippen molar-refractivity contribution in [3.8, 4) is 0 Å². The summed E-state index contributed by atoms with van der Waals surface area (Å²) in [4.78, 5) is 16.1. The van der Waals surface area contributed by atoms with Crippen LogP contribution in [0.25, 0.3) is 0 Å². The fourth-order valence-electron chi connectivity index (χ4n) is 3.21. The Morgan fingerprint density at radius 3 is 2.73 bits per heavy atom. The molecular formula is C14H27N3O4S. The minimum atomic E-state index is -3.06. The predicted octanol–water partition coefficient (Wildman–Crippen LogP) is -0.0743. The first kappa shape index (κ1) is 17.5. The molecule has 0 aromatic heterocycles.